The highest BCUT2D eigenvalue weighted by Crippen LogP contribution is 2.40. The second kappa shape index (κ2) is 9.79. The van der Waals surface area contributed by atoms with Gasteiger partial charge < -0.3 is 15.2 Å². The molecule has 2 aromatic carbocycles. The van der Waals surface area contributed by atoms with Crippen molar-refractivity contribution in [1.82, 2.24) is 0 Å². The molecule has 3 rings (SSSR count). The highest BCUT2D eigenvalue weighted by atomic mass is 16.5. The number of hydrogen-bond donors (Lipinski definition) is 2. The van der Waals surface area contributed by atoms with Crippen LogP contribution >= 0.6 is 0 Å². The molecular formula is C25H31NO4. The van der Waals surface area contributed by atoms with Gasteiger partial charge in [-0.15, -0.1) is 0 Å². The normalized spacial score (nSPS) is 23.6. The van der Waals surface area contributed by atoms with Crippen molar-refractivity contribution in [2.75, 3.05) is 11.9 Å². The van der Waals surface area contributed by atoms with E-state index in [2.05, 4.69) is 26.1 Å². The number of rotatable bonds is 7. The number of aromatic hydroxyl groups is 1. The molecule has 1 fully saturated rings. The third-order valence-corrected chi connectivity index (χ3v) is 6.42. The predicted molar refractivity (Wildman–Crippen MR) is 118 cm³/mol. The van der Waals surface area contributed by atoms with Crippen LogP contribution in [-0.2, 0) is 4.79 Å². The van der Waals surface area contributed by atoms with Gasteiger partial charge >= 0.3 is 0 Å². The van der Waals surface area contributed by atoms with Crippen molar-refractivity contribution in [2.24, 2.45) is 23.7 Å². The Hall–Kier alpha value is -2.82. The molecule has 0 bridgehead atoms. The van der Waals surface area contributed by atoms with E-state index in [1.165, 1.54) is 18.6 Å². The topological polar surface area (TPSA) is 75.6 Å². The van der Waals surface area contributed by atoms with E-state index < -0.39 is 0 Å². The fourth-order valence-corrected chi connectivity index (χ4v) is 4.54. The number of anilines is 1. The Morgan fingerprint density at radius 1 is 1.03 bits per heavy atom. The lowest BCUT2D eigenvalue weighted by molar-refractivity contribution is -0.125. The lowest BCUT2D eigenvalue weighted by Gasteiger charge is -2.39. The third-order valence-electron chi connectivity index (χ3n) is 6.42. The summed E-state index contributed by atoms with van der Waals surface area (Å²) in [4.78, 5) is 25.1. The largest absolute Gasteiger partial charge is 0.508 e. The molecule has 2 aromatic rings. The summed E-state index contributed by atoms with van der Waals surface area (Å²) in [5, 5.41) is 12.4. The van der Waals surface area contributed by atoms with Crippen LogP contribution in [0.3, 0.4) is 0 Å². The van der Waals surface area contributed by atoms with Gasteiger partial charge in [0.2, 0.25) is 5.91 Å². The maximum absolute atomic E-state index is 12.9. The number of ether oxygens (including phenoxy) is 1. The highest BCUT2D eigenvalue weighted by molar-refractivity contribution is 5.97. The number of phenolic OH excluding ortho intramolecular Hbond substituents is 1. The molecule has 0 aliphatic heterocycles. The Kier molecular flexibility index (Phi) is 7.14. The molecule has 1 saturated carbocycles. The number of hydrogen-bond acceptors (Lipinski definition) is 4. The van der Waals surface area contributed by atoms with E-state index in [9.17, 15) is 14.7 Å². The zero-order valence-corrected chi connectivity index (χ0v) is 17.9. The van der Waals surface area contributed by atoms with Crippen molar-refractivity contribution in [1.29, 1.82) is 0 Å². The third kappa shape index (κ3) is 5.21. The van der Waals surface area contributed by atoms with Crippen LogP contribution in [0.2, 0.25) is 0 Å². The number of nitrogens with one attached hydrogen (secondary N) is 1. The van der Waals surface area contributed by atoms with Crippen LogP contribution in [0.5, 0.6) is 11.5 Å². The van der Waals surface area contributed by atoms with Crippen molar-refractivity contribution < 1.29 is 19.4 Å². The molecule has 160 valence electrons. The Morgan fingerprint density at radius 3 is 2.33 bits per heavy atom. The van der Waals surface area contributed by atoms with E-state index in [-0.39, 0.29) is 30.0 Å². The molecule has 2 N–H and O–H groups in total. The summed E-state index contributed by atoms with van der Waals surface area (Å²) in [6.45, 7) is 6.49. The van der Waals surface area contributed by atoms with E-state index in [4.69, 9.17) is 4.74 Å². The Bertz CT molecular complexity index is 860. The molecule has 0 saturated heterocycles. The van der Waals surface area contributed by atoms with Crippen LogP contribution in [0.1, 0.15) is 50.4 Å². The number of phenols is 1. The van der Waals surface area contributed by atoms with Crippen LogP contribution in [0, 0.1) is 23.7 Å². The van der Waals surface area contributed by atoms with Gasteiger partial charge in [-0.1, -0.05) is 27.2 Å². The van der Waals surface area contributed by atoms with Gasteiger partial charge in [-0.3, -0.25) is 9.59 Å². The zero-order chi connectivity index (χ0) is 21.7. The Balaban J connectivity index is 1.55. The summed E-state index contributed by atoms with van der Waals surface area (Å²) >= 11 is 0. The first kappa shape index (κ1) is 21.9. The number of benzene rings is 2. The number of carbonyl (C=O) groups excluding carboxylic acids is 2. The molecule has 4 unspecified atom stereocenters. The number of ketones is 1. The molecular weight excluding hydrogens is 378 g/mol. The molecule has 5 nitrogen and oxygen atoms in total. The monoisotopic (exact) mass is 409 g/mol. The van der Waals surface area contributed by atoms with E-state index >= 15 is 0 Å². The summed E-state index contributed by atoms with van der Waals surface area (Å²) in [6.07, 6.45) is 3.42. The van der Waals surface area contributed by atoms with E-state index in [0.717, 1.165) is 18.5 Å². The predicted octanol–water partition coefficient (Wildman–Crippen LogP) is 5.30. The first-order valence-electron chi connectivity index (χ1n) is 10.7. The molecule has 5 heteroatoms. The Morgan fingerprint density at radius 2 is 1.70 bits per heavy atom. The quantitative estimate of drug-likeness (QED) is 0.609. The molecule has 0 aromatic heterocycles. The smallest absolute Gasteiger partial charge is 0.228 e. The van der Waals surface area contributed by atoms with Gasteiger partial charge in [0, 0.05) is 17.2 Å². The standard InChI is InChI=1S/C25H31NO4/c1-4-18-6-5-16(2)24(17(18)3)25(29)26-20-9-13-22(14-10-20)30-15-23(28)19-7-11-21(27)12-8-19/h7-14,16-18,24,27H,4-6,15H2,1-3H3,(H,26,29). The van der Waals surface area contributed by atoms with Crippen LogP contribution in [0.4, 0.5) is 5.69 Å². The van der Waals surface area contributed by atoms with Crippen molar-refractivity contribution >= 4 is 17.4 Å². The molecule has 1 aliphatic carbocycles. The molecule has 1 aliphatic rings. The highest BCUT2D eigenvalue weighted by Gasteiger charge is 2.38. The number of carbonyl (C=O) groups is 2. The van der Waals surface area contributed by atoms with Crippen LogP contribution in [0.25, 0.3) is 0 Å². The fourth-order valence-electron chi connectivity index (χ4n) is 4.54. The summed E-state index contributed by atoms with van der Waals surface area (Å²) in [6, 6.07) is 13.2. The minimum Gasteiger partial charge on any atom is -0.508 e. The van der Waals surface area contributed by atoms with Crippen molar-refractivity contribution in [2.45, 2.75) is 40.0 Å². The minimum absolute atomic E-state index is 0.0301. The molecule has 1 amide bonds. The maximum Gasteiger partial charge on any atom is 0.228 e. The van der Waals surface area contributed by atoms with E-state index in [1.807, 2.05) is 0 Å². The van der Waals surface area contributed by atoms with Gasteiger partial charge in [0.05, 0.1) is 0 Å². The summed E-state index contributed by atoms with van der Waals surface area (Å²) in [7, 11) is 0. The first-order valence-corrected chi connectivity index (χ1v) is 10.7. The fraction of sp³-hybridized carbons (Fsp3) is 0.440. The average Bonchev–Trinajstić information content (AvgIpc) is 2.73. The second-order valence-electron chi connectivity index (χ2n) is 8.38. The van der Waals surface area contributed by atoms with Crippen molar-refractivity contribution in [3.63, 3.8) is 0 Å². The summed E-state index contributed by atoms with van der Waals surface area (Å²) in [5.74, 6) is 2.00. The number of Topliss-reactive ketones (excluding diaryl/α,β-unsaturated/α-hetero) is 1. The van der Waals surface area contributed by atoms with E-state index in [1.54, 1.807) is 36.4 Å². The molecule has 0 spiro atoms. The summed E-state index contributed by atoms with van der Waals surface area (Å²) < 4.78 is 5.57. The van der Waals surface area contributed by atoms with Crippen LogP contribution < -0.4 is 10.1 Å². The van der Waals surface area contributed by atoms with Gasteiger partial charge in [-0.2, -0.15) is 0 Å². The maximum atomic E-state index is 12.9. The van der Waals surface area contributed by atoms with Gasteiger partial charge in [0.1, 0.15) is 11.5 Å². The molecule has 0 heterocycles. The number of amides is 1. The van der Waals surface area contributed by atoms with Gasteiger partial charge in [-0.25, -0.2) is 0 Å². The molecule has 4 atom stereocenters. The van der Waals surface area contributed by atoms with Gasteiger partial charge in [-0.05, 0) is 79.1 Å². The average molecular weight is 410 g/mol. The van der Waals surface area contributed by atoms with Crippen LogP contribution in [-0.4, -0.2) is 23.4 Å². The van der Waals surface area contributed by atoms with Crippen molar-refractivity contribution in [3.05, 3.63) is 54.1 Å². The summed E-state index contributed by atoms with van der Waals surface area (Å²) in [5.41, 5.74) is 1.22. The van der Waals surface area contributed by atoms with Crippen LogP contribution in [0.15, 0.2) is 48.5 Å². The lowest BCUT2D eigenvalue weighted by Crippen LogP contribution is -2.39. The zero-order valence-electron chi connectivity index (χ0n) is 17.9. The minimum atomic E-state index is -0.168. The van der Waals surface area contributed by atoms with Gasteiger partial charge in [0.15, 0.2) is 12.4 Å². The molecule has 30 heavy (non-hydrogen) atoms. The van der Waals surface area contributed by atoms with E-state index in [0.29, 0.717) is 29.1 Å². The Labute approximate surface area is 178 Å². The first-order chi connectivity index (χ1) is 14.4. The second-order valence-corrected chi connectivity index (χ2v) is 8.38. The molecule has 0 radical (unpaired) electrons. The lowest BCUT2D eigenvalue weighted by atomic mass is 9.66. The van der Waals surface area contributed by atoms with Gasteiger partial charge in [0.25, 0.3) is 0 Å². The van der Waals surface area contributed by atoms with Crippen molar-refractivity contribution in [3.8, 4) is 11.5 Å². The SMILES string of the molecule is CCC1CCC(C)C(C(=O)Nc2ccc(OCC(=O)c3ccc(O)cc3)cc2)C1C.